The Morgan fingerprint density at radius 1 is 0.875 bits per heavy atom. The third-order valence-electron chi connectivity index (χ3n) is 6.59. The van der Waals surface area contributed by atoms with Gasteiger partial charge in [0.25, 0.3) is 0 Å². The Morgan fingerprint density at radius 3 is 2.38 bits per heavy atom. The first-order valence-electron chi connectivity index (χ1n) is 11.2. The van der Waals surface area contributed by atoms with Crippen LogP contribution in [0, 0.1) is 6.92 Å². The maximum atomic E-state index is 13.3. The summed E-state index contributed by atoms with van der Waals surface area (Å²) in [5.74, 6) is 1.40. The molecule has 166 valence electrons. The van der Waals surface area contributed by atoms with Gasteiger partial charge in [-0.3, -0.25) is 4.90 Å². The van der Waals surface area contributed by atoms with Gasteiger partial charge in [-0.05, 0) is 66.8 Å². The summed E-state index contributed by atoms with van der Waals surface area (Å²) in [7, 11) is -3.52. The average molecular weight is 449 g/mol. The molecule has 0 amide bonds. The van der Waals surface area contributed by atoms with Crippen LogP contribution in [0.15, 0.2) is 77.7 Å². The van der Waals surface area contributed by atoms with E-state index in [0.717, 1.165) is 37.2 Å². The second kappa shape index (κ2) is 8.70. The number of ether oxygens (including phenoxy) is 1. The van der Waals surface area contributed by atoms with Gasteiger partial charge in [0.15, 0.2) is 0 Å². The molecule has 32 heavy (non-hydrogen) atoms. The van der Waals surface area contributed by atoms with Crippen molar-refractivity contribution in [1.82, 2.24) is 9.21 Å². The standard InChI is InChI=1S/C26H28N2O3S/c1-20-6-2-5-9-26(20)31-24-10-12-25(13-11-24)32(29,30)28-17-15-23(19-28)27-16-14-21-7-3-4-8-22(21)18-27/h2-13,23H,14-19H2,1H3. The van der Waals surface area contributed by atoms with Crippen LogP contribution in [-0.2, 0) is 23.0 Å². The molecular weight excluding hydrogens is 420 g/mol. The van der Waals surface area contributed by atoms with E-state index < -0.39 is 10.0 Å². The topological polar surface area (TPSA) is 49.9 Å². The Kier molecular flexibility index (Phi) is 5.76. The highest BCUT2D eigenvalue weighted by Gasteiger charge is 2.36. The van der Waals surface area contributed by atoms with E-state index in [1.54, 1.807) is 28.6 Å². The maximum Gasteiger partial charge on any atom is 0.243 e. The zero-order valence-electron chi connectivity index (χ0n) is 18.3. The fraction of sp³-hybridized carbons (Fsp3) is 0.308. The highest BCUT2D eigenvalue weighted by molar-refractivity contribution is 7.89. The maximum absolute atomic E-state index is 13.3. The Hall–Kier alpha value is -2.67. The predicted molar refractivity (Wildman–Crippen MR) is 125 cm³/mol. The number of sulfonamides is 1. The molecule has 1 unspecified atom stereocenters. The molecule has 0 radical (unpaired) electrons. The lowest BCUT2D eigenvalue weighted by molar-refractivity contribution is 0.185. The van der Waals surface area contributed by atoms with E-state index in [-0.39, 0.29) is 6.04 Å². The highest BCUT2D eigenvalue weighted by Crippen LogP contribution is 2.30. The van der Waals surface area contributed by atoms with Gasteiger partial charge in [0.2, 0.25) is 10.0 Å². The minimum atomic E-state index is -3.52. The molecule has 0 aliphatic carbocycles. The van der Waals surface area contributed by atoms with Crippen LogP contribution in [0.25, 0.3) is 0 Å². The SMILES string of the molecule is Cc1ccccc1Oc1ccc(S(=O)(=O)N2CCC(N3CCc4ccccc4C3)C2)cc1. The predicted octanol–water partition coefficient (Wildman–Crippen LogP) is 4.61. The van der Waals surface area contributed by atoms with Gasteiger partial charge in [-0.15, -0.1) is 0 Å². The minimum Gasteiger partial charge on any atom is -0.457 e. The quantitative estimate of drug-likeness (QED) is 0.572. The lowest BCUT2D eigenvalue weighted by Crippen LogP contribution is -2.41. The monoisotopic (exact) mass is 448 g/mol. The molecule has 5 nitrogen and oxygen atoms in total. The van der Waals surface area contributed by atoms with Crippen LogP contribution < -0.4 is 4.74 Å². The summed E-state index contributed by atoms with van der Waals surface area (Å²) >= 11 is 0. The van der Waals surface area contributed by atoms with E-state index in [1.807, 2.05) is 31.2 Å². The van der Waals surface area contributed by atoms with Crippen molar-refractivity contribution in [3.63, 3.8) is 0 Å². The highest BCUT2D eigenvalue weighted by atomic mass is 32.2. The number of hydrogen-bond donors (Lipinski definition) is 0. The summed E-state index contributed by atoms with van der Waals surface area (Å²) in [4.78, 5) is 2.76. The number of aryl methyl sites for hydroxylation is 1. The van der Waals surface area contributed by atoms with E-state index in [0.29, 0.717) is 23.7 Å². The van der Waals surface area contributed by atoms with Crippen molar-refractivity contribution < 1.29 is 13.2 Å². The van der Waals surface area contributed by atoms with Gasteiger partial charge in [-0.2, -0.15) is 4.31 Å². The van der Waals surface area contributed by atoms with Crippen molar-refractivity contribution in [3.05, 3.63) is 89.5 Å². The van der Waals surface area contributed by atoms with Crippen molar-refractivity contribution in [2.75, 3.05) is 19.6 Å². The molecule has 0 N–H and O–H groups in total. The Bertz CT molecular complexity index is 1210. The number of para-hydroxylation sites is 1. The molecule has 2 aliphatic heterocycles. The number of rotatable bonds is 5. The molecule has 0 bridgehead atoms. The van der Waals surface area contributed by atoms with Crippen LogP contribution in [0.3, 0.4) is 0 Å². The van der Waals surface area contributed by atoms with Gasteiger partial charge in [-0.25, -0.2) is 8.42 Å². The van der Waals surface area contributed by atoms with Crippen molar-refractivity contribution >= 4 is 10.0 Å². The normalized spacial score (nSPS) is 19.6. The first-order chi connectivity index (χ1) is 15.5. The molecule has 2 aliphatic rings. The van der Waals surface area contributed by atoms with Crippen molar-refractivity contribution in [2.24, 2.45) is 0 Å². The van der Waals surface area contributed by atoms with Crippen molar-refractivity contribution in [1.29, 1.82) is 0 Å². The molecule has 3 aromatic rings. The largest absolute Gasteiger partial charge is 0.457 e. The number of benzene rings is 3. The molecule has 1 atom stereocenters. The second-order valence-corrected chi connectivity index (χ2v) is 10.6. The molecule has 3 aromatic carbocycles. The molecule has 6 heteroatoms. The molecule has 0 spiro atoms. The van der Waals surface area contributed by atoms with Gasteiger partial charge in [0, 0.05) is 32.2 Å². The Balaban J connectivity index is 1.26. The fourth-order valence-electron chi connectivity index (χ4n) is 4.68. The van der Waals surface area contributed by atoms with E-state index >= 15 is 0 Å². The lowest BCUT2D eigenvalue weighted by atomic mass is 9.98. The van der Waals surface area contributed by atoms with E-state index in [9.17, 15) is 8.42 Å². The molecule has 1 fully saturated rings. The van der Waals surface area contributed by atoms with Crippen LogP contribution in [0.2, 0.25) is 0 Å². The summed E-state index contributed by atoms with van der Waals surface area (Å²) in [5.41, 5.74) is 3.82. The third-order valence-corrected chi connectivity index (χ3v) is 8.46. The first kappa shape index (κ1) is 21.2. The Morgan fingerprint density at radius 2 is 1.59 bits per heavy atom. The van der Waals surface area contributed by atoms with Gasteiger partial charge < -0.3 is 4.74 Å². The van der Waals surface area contributed by atoms with Gasteiger partial charge in [0.05, 0.1) is 4.90 Å². The second-order valence-electron chi connectivity index (χ2n) is 8.63. The van der Waals surface area contributed by atoms with Crippen molar-refractivity contribution in [2.45, 2.75) is 37.2 Å². The van der Waals surface area contributed by atoms with Crippen LogP contribution in [0.1, 0.15) is 23.1 Å². The first-order valence-corrected chi connectivity index (χ1v) is 12.6. The van der Waals surface area contributed by atoms with Crippen LogP contribution in [-0.4, -0.2) is 43.3 Å². The number of hydrogen-bond acceptors (Lipinski definition) is 4. The average Bonchev–Trinajstić information content (AvgIpc) is 3.32. The summed E-state index contributed by atoms with van der Waals surface area (Å²) in [5, 5.41) is 0. The number of fused-ring (bicyclic) bond motifs is 1. The van der Waals surface area contributed by atoms with E-state index in [2.05, 4.69) is 29.2 Å². The molecule has 1 saturated heterocycles. The summed E-state index contributed by atoms with van der Waals surface area (Å²) in [6.45, 7) is 4.98. The third kappa shape index (κ3) is 4.18. The van der Waals surface area contributed by atoms with Gasteiger partial charge >= 0.3 is 0 Å². The van der Waals surface area contributed by atoms with Crippen LogP contribution in [0.4, 0.5) is 0 Å². The van der Waals surface area contributed by atoms with Crippen molar-refractivity contribution in [3.8, 4) is 11.5 Å². The lowest BCUT2D eigenvalue weighted by Gasteiger charge is -2.33. The van der Waals surface area contributed by atoms with E-state index in [1.165, 1.54) is 11.1 Å². The minimum absolute atomic E-state index is 0.266. The van der Waals surface area contributed by atoms with Crippen LogP contribution in [0.5, 0.6) is 11.5 Å². The fourth-order valence-corrected chi connectivity index (χ4v) is 6.18. The summed E-state index contributed by atoms with van der Waals surface area (Å²) < 4.78 is 34.0. The molecule has 2 heterocycles. The zero-order valence-corrected chi connectivity index (χ0v) is 19.1. The summed E-state index contributed by atoms with van der Waals surface area (Å²) in [6.07, 6.45) is 1.90. The zero-order chi connectivity index (χ0) is 22.1. The number of nitrogens with zero attached hydrogens (tertiary/aromatic N) is 2. The van der Waals surface area contributed by atoms with Crippen LogP contribution >= 0.6 is 0 Å². The Labute approximate surface area is 190 Å². The van der Waals surface area contributed by atoms with Gasteiger partial charge in [-0.1, -0.05) is 42.5 Å². The molecule has 0 aromatic heterocycles. The molecule has 5 rings (SSSR count). The van der Waals surface area contributed by atoms with Gasteiger partial charge in [0.1, 0.15) is 11.5 Å². The molecule has 0 saturated carbocycles. The van der Waals surface area contributed by atoms with E-state index in [4.69, 9.17) is 4.74 Å². The molecular formula is C26H28N2O3S. The smallest absolute Gasteiger partial charge is 0.243 e. The summed E-state index contributed by atoms with van der Waals surface area (Å²) in [6, 6.07) is 23.4.